The summed E-state index contributed by atoms with van der Waals surface area (Å²) in [6.07, 6.45) is 0. The molecule has 0 aliphatic rings. The molecule has 0 radical (unpaired) electrons. The van der Waals surface area contributed by atoms with Crippen molar-refractivity contribution in [1.29, 1.82) is 0 Å². The first-order valence-electron chi connectivity index (χ1n) is 8.63. The average molecular weight is 464 g/mol. The maximum absolute atomic E-state index is 14.5. The van der Waals surface area contributed by atoms with Gasteiger partial charge in [0, 0.05) is 21.6 Å². The molecule has 0 amide bonds. The molecule has 4 rings (SSSR count). The van der Waals surface area contributed by atoms with Crippen LogP contribution >= 0.6 is 23.1 Å². The molecule has 2 N–H and O–H groups in total. The Balaban J connectivity index is 1.80. The first kappa shape index (κ1) is 20.9. The van der Waals surface area contributed by atoms with E-state index in [2.05, 4.69) is 4.98 Å². The number of aromatic amines is 1. The monoisotopic (exact) mass is 464 g/mol. The fraction of sp³-hybridized carbons (Fsp3) is 0.0500. The molecule has 0 atom stereocenters. The molecule has 4 aromatic rings. The molecule has 2 aromatic carbocycles. The van der Waals surface area contributed by atoms with Crippen molar-refractivity contribution in [1.82, 2.24) is 9.55 Å². The molecule has 0 spiro atoms. The fourth-order valence-electron chi connectivity index (χ4n) is 2.99. The Morgan fingerprint density at radius 3 is 2.48 bits per heavy atom. The first-order chi connectivity index (χ1) is 14.8. The van der Waals surface area contributed by atoms with Crippen molar-refractivity contribution in [3.8, 4) is 5.69 Å². The number of aromatic nitrogens is 2. The van der Waals surface area contributed by atoms with Crippen molar-refractivity contribution < 1.29 is 23.1 Å². The number of rotatable bonds is 5. The van der Waals surface area contributed by atoms with E-state index in [1.807, 2.05) is 0 Å². The van der Waals surface area contributed by atoms with E-state index in [1.165, 1.54) is 23.6 Å². The zero-order valence-electron chi connectivity index (χ0n) is 15.3. The summed E-state index contributed by atoms with van der Waals surface area (Å²) >= 11 is 1.74. The summed E-state index contributed by atoms with van der Waals surface area (Å²) in [6.45, 7) is 0. The number of carbonyl (C=O) groups is 1. The second kappa shape index (κ2) is 8.08. The highest BCUT2D eigenvalue weighted by molar-refractivity contribution is 7.98. The molecular weight excluding hydrogens is 453 g/mol. The minimum atomic E-state index is -1.35. The highest BCUT2D eigenvalue weighted by atomic mass is 32.2. The molecule has 0 aliphatic heterocycles. The number of H-pyrrole nitrogens is 1. The number of carboxylic acid groups (broad SMARTS) is 1. The van der Waals surface area contributed by atoms with E-state index in [-0.39, 0.29) is 27.1 Å². The van der Waals surface area contributed by atoms with E-state index in [4.69, 9.17) is 0 Å². The van der Waals surface area contributed by atoms with Crippen LogP contribution in [0.3, 0.4) is 0 Å². The predicted molar refractivity (Wildman–Crippen MR) is 111 cm³/mol. The Bertz CT molecular complexity index is 1440. The Hall–Kier alpha value is -3.31. The van der Waals surface area contributed by atoms with Gasteiger partial charge in [0.2, 0.25) is 0 Å². The zero-order valence-corrected chi connectivity index (χ0v) is 17.0. The number of carboxylic acids is 1. The topological polar surface area (TPSA) is 92.2 Å². The van der Waals surface area contributed by atoms with E-state index in [1.54, 1.807) is 0 Å². The smallest absolute Gasteiger partial charge is 0.346 e. The third-order valence-electron chi connectivity index (χ3n) is 4.45. The normalized spacial score (nSPS) is 11.2. The summed E-state index contributed by atoms with van der Waals surface area (Å²) in [4.78, 5) is 39.2. The lowest BCUT2D eigenvalue weighted by molar-refractivity contribution is 0.0704. The number of fused-ring (bicyclic) bond motifs is 1. The van der Waals surface area contributed by atoms with Gasteiger partial charge in [-0.05, 0) is 30.3 Å². The third kappa shape index (κ3) is 3.77. The Morgan fingerprint density at radius 1 is 1.10 bits per heavy atom. The molecular formula is C20H11F3N2O4S2. The highest BCUT2D eigenvalue weighted by Gasteiger charge is 2.20. The Labute approximate surface area is 179 Å². The van der Waals surface area contributed by atoms with E-state index in [9.17, 15) is 32.7 Å². The van der Waals surface area contributed by atoms with Gasteiger partial charge < -0.3 is 10.1 Å². The van der Waals surface area contributed by atoms with Gasteiger partial charge in [-0.25, -0.2) is 27.3 Å². The summed E-state index contributed by atoms with van der Waals surface area (Å²) in [5.41, 5.74) is -2.48. The van der Waals surface area contributed by atoms with Gasteiger partial charge in [0.25, 0.3) is 5.56 Å². The number of nitrogens with zero attached hydrogens (tertiary/aromatic N) is 1. The lowest BCUT2D eigenvalue weighted by Gasteiger charge is -2.10. The Morgan fingerprint density at radius 2 is 1.81 bits per heavy atom. The summed E-state index contributed by atoms with van der Waals surface area (Å²) < 4.78 is 42.7. The molecule has 0 unspecified atom stereocenters. The second-order valence-corrected chi connectivity index (χ2v) is 8.26. The number of halogens is 3. The van der Waals surface area contributed by atoms with Crippen molar-refractivity contribution >= 4 is 40.0 Å². The molecule has 2 aromatic heterocycles. The second-order valence-electron chi connectivity index (χ2n) is 6.33. The Kier molecular flexibility index (Phi) is 5.46. The van der Waals surface area contributed by atoms with Gasteiger partial charge in [0.15, 0.2) is 0 Å². The number of thiophene rings is 1. The van der Waals surface area contributed by atoms with Gasteiger partial charge in [-0.2, -0.15) is 0 Å². The molecule has 0 fully saturated rings. The van der Waals surface area contributed by atoms with Gasteiger partial charge in [-0.15, -0.1) is 23.1 Å². The number of hydrogen-bond donors (Lipinski definition) is 2. The first-order valence-corrected chi connectivity index (χ1v) is 10.5. The van der Waals surface area contributed by atoms with E-state index in [0.29, 0.717) is 9.46 Å². The molecule has 2 heterocycles. The summed E-state index contributed by atoms with van der Waals surface area (Å²) in [5, 5.41) is 10.3. The molecule has 0 aliphatic carbocycles. The van der Waals surface area contributed by atoms with Crippen LogP contribution in [-0.2, 0) is 5.75 Å². The number of hydrogen-bond acceptors (Lipinski definition) is 5. The fourth-order valence-corrected chi connectivity index (χ4v) is 4.77. The van der Waals surface area contributed by atoms with E-state index < -0.39 is 40.4 Å². The highest BCUT2D eigenvalue weighted by Crippen LogP contribution is 2.28. The molecule has 0 saturated carbocycles. The van der Waals surface area contributed by atoms with Crippen molar-refractivity contribution in [2.24, 2.45) is 0 Å². The lowest BCUT2D eigenvalue weighted by Crippen LogP contribution is -2.34. The van der Waals surface area contributed by atoms with Crippen LogP contribution in [0.2, 0.25) is 0 Å². The van der Waals surface area contributed by atoms with Crippen molar-refractivity contribution in [2.45, 2.75) is 10.6 Å². The summed E-state index contributed by atoms with van der Waals surface area (Å²) in [5.74, 6) is -3.83. The maximum atomic E-state index is 14.5. The van der Waals surface area contributed by atoms with Gasteiger partial charge in [-0.3, -0.25) is 4.79 Å². The van der Waals surface area contributed by atoms with Crippen LogP contribution in [0.1, 0.15) is 15.2 Å². The van der Waals surface area contributed by atoms with Crippen molar-refractivity contribution in [3.05, 3.63) is 90.5 Å². The lowest BCUT2D eigenvalue weighted by atomic mass is 10.2. The summed E-state index contributed by atoms with van der Waals surface area (Å²) in [7, 11) is 0. The predicted octanol–water partition coefficient (Wildman–Crippen LogP) is 4.15. The number of thioether (sulfide) groups is 1. The molecule has 11 heteroatoms. The van der Waals surface area contributed by atoms with Crippen molar-refractivity contribution in [3.63, 3.8) is 0 Å². The van der Waals surface area contributed by atoms with Crippen LogP contribution in [0.25, 0.3) is 16.6 Å². The van der Waals surface area contributed by atoms with Crippen LogP contribution in [0, 0.1) is 17.5 Å². The van der Waals surface area contributed by atoms with Crippen LogP contribution < -0.4 is 11.2 Å². The number of benzene rings is 2. The minimum Gasteiger partial charge on any atom is -0.477 e. The number of aromatic carboxylic acids is 1. The standard InChI is InChI=1S/C20H11F3N2O4S2/c21-11-2-1-3-12(22)10(11)7-30-9-4-5-13(23)15(6-9)25-18(26)16-14(24-20(25)29)8-31-17(16)19(27)28/h1-6,8H,7H2,(H,24,29)(H,27,28). The quantitative estimate of drug-likeness (QED) is 0.433. The molecule has 6 nitrogen and oxygen atoms in total. The molecule has 0 saturated heterocycles. The largest absolute Gasteiger partial charge is 0.477 e. The van der Waals surface area contributed by atoms with Gasteiger partial charge in [-0.1, -0.05) is 6.07 Å². The van der Waals surface area contributed by atoms with Crippen LogP contribution in [0.4, 0.5) is 13.2 Å². The minimum absolute atomic E-state index is 0.0367. The van der Waals surface area contributed by atoms with E-state index >= 15 is 0 Å². The molecule has 158 valence electrons. The van der Waals surface area contributed by atoms with Gasteiger partial charge >= 0.3 is 11.7 Å². The van der Waals surface area contributed by atoms with Gasteiger partial charge in [0.1, 0.15) is 22.3 Å². The van der Waals surface area contributed by atoms with Crippen LogP contribution in [0.5, 0.6) is 0 Å². The van der Waals surface area contributed by atoms with Crippen LogP contribution in [0.15, 0.2) is 56.3 Å². The van der Waals surface area contributed by atoms with E-state index in [0.717, 1.165) is 41.3 Å². The van der Waals surface area contributed by atoms with Crippen LogP contribution in [-0.4, -0.2) is 20.6 Å². The zero-order chi connectivity index (χ0) is 22.3. The van der Waals surface area contributed by atoms with Crippen molar-refractivity contribution in [2.75, 3.05) is 0 Å². The maximum Gasteiger partial charge on any atom is 0.346 e. The summed E-state index contributed by atoms with van der Waals surface area (Å²) in [6, 6.07) is 7.01. The van der Waals surface area contributed by atoms with Gasteiger partial charge in [0.05, 0.1) is 16.6 Å². The molecule has 0 bridgehead atoms. The SMILES string of the molecule is O=C(O)c1scc2[nH]c(=O)n(-c3cc(SCc4c(F)cccc4F)ccc3F)c(=O)c12. The molecule has 31 heavy (non-hydrogen) atoms. The number of nitrogens with one attached hydrogen (secondary N) is 1. The third-order valence-corrected chi connectivity index (χ3v) is 6.44. The average Bonchev–Trinajstić information content (AvgIpc) is 3.14.